The molecule has 14 heavy (non-hydrogen) atoms. The zero-order chi connectivity index (χ0) is 10.3. The second-order valence-corrected chi connectivity index (χ2v) is 3.82. The van der Waals surface area contributed by atoms with Gasteiger partial charge in [0.05, 0.1) is 4.70 Å². The van der Waals surface area contributed by atoms with Crippen molar-refractivity contribution < 1.29 is 14.3 Å². The third kappa shape index (κ3) is 1.13. The van der Waals surface area contributed by atoms with Crippen molar-refractivity contribution in [1.82, 2.24) is 0 Å². The number of carboxylic acid groups (broad SMARTS) is 1. The third-order valence-electron chi connectivity index (χ3n) is 1.91. The molecule has 0 aliphatic heterocycles. The smallest absolute Gasteiger partial charge is 0.339 e. The molecule has 0 aliphatic rings. The molecule has 3 nitrogen and oxygen atoms in total. The van der Waals surface area contributed by atoms with Gasteiger partial charge in [-0.3, -0.25) is 0 Å². The molecular formula is C9H6FNO2S. The Morgan fingerprint density at radius 3 is 2.86 bits per heavy atom. The van der Waals surface area contributed by atoms with Gasteiger partial charge in [-0.1, -0.05) is 12.1 Å². The Labute approximate surface area is 82.6 Å². The number of rotatable bonds is 1. The Hall–Kier alpha value is -1.62. The summed E-state index contributed by atoms with van der Waals surface area (Å²) in [5, 5.41) is 9.35. The van der Waals surface area contributed by atoms with Gasteiger partial charge in [0.25, 0.3) is 0 Å². The Balaban J connectivity index is 2.90. The van der Waals surface area contributed by atoms with E-state index in [4.69, 9.17) is 10.8 Å². The molecule has 0 saturated heterocycles. The second-order valence-electron chi connectivity index (χ2n) is 2.76. The van der Waals surface area contributed by atoms with Crippen molar-refractivity contribution in [2.24, 2.45) is 0 Å². The summed E-state index contributed by atoms with van der Waals surface area (Å²) in [5.74, 6) is -1.56. The lowest BCUT2D eigenvalue weighted by atomic mass is 10.1. The SMILES string of the molecule is Nc1sc2c(F)cccc2c1C(=O)O. The standard InChI is InChI=1S/C9H6FNO2S/c10-5-3-1-2-4-6(9(12)13)8(11)14-7(4)5/h1-3H,11H2,(H,12,13). The molecule has 0 spiro atoms. The van der Waals surface area contributed by atoms with Gasteiger partial charge in [0.2, 0.25) is 0 Å². The van der Waals surface area contributed by atoms with Crippen molar-refractivity contribution in [1.29, 1.82) is 0 Å². The molecule has 0 amide bonds. The summed E-state index contributed by atoms with van der Waals surface area (Å²) < 4.78 is 13.5. The fourth-order valence-corrected chi connectivity index (χ4v) is 2.29. The summed E-state index contributed by atoms with van der Waals surface area (Å²) in [6, 6.07) is 4.30. The molecule has 0 saturated carbocycles. The van der Waals surface area contributed by atoms with E-state index in [0.717, 1.165) is 11.3 Å². The van der Waals surface area contributed by atoms with Crippen LogP contribution in [0.1, 0.15) is 10.4 Å². The van der Waals surface area contributed by atoms with Crippen LogP contribution in [0.5, 0.6) is 0 Å². The number of anilines is 1. The maximum atomic E-state index is 13.2. The molecule has 5 heteroatoms. The normalized spacial score (nSPS) is 10.6. The van der Waals surface area contributed by atoms with Crippen LogP contribution in [0.25, 0.3) is 10.1 Å². The van der Waals surface area contributed by atoms with Gasteiger partial charge in [-0.25, -0.2) is 9.18 Å². The lowest BCUT2D eigenvalue weighted by Crippen LogP contribution is -1.98. The number of halogens is 1. The Morgan fingerprint density at radius 2 is 2.21 bits per heavy atom. The van der Waals surface area contributed by atoms with Crippen molar-refractivity contribution in [2.45, 2.75) is 0 Å². The minimum atomic E-state index is -1.13. The van der Waals surface area contributed by atoms with E-state index >= 15 is 0 Å². The molecule has 0 unspecified atom stereocenters. The molecule has 2 aromatic rings. The van der Waals surface area contributed by atoms with Crippen LogP contribution >= 0.6 is 11.3 Å². The average Bonchev–Trinajstić information content (AvgIpc) is 2.42. The first-order chi connectivity index (χ1) is 6.61. The molecule has 0 fully saturated rings. The predicted octanol–water partition coefficient (Wildman–Crippen LogP) is 2.32. The Morgan fingerprint density at radius 1 is 1.50 bits per heavy atom. The van der Waals surface area contributed by atoms with Gasteiger partial charge in [0, 0.05) is 5.39 Å². The van der Waals surface area contributed by atoms with E-state index in [2.05, 4.69) is 0 Å². The second kappa shape index (κ2) is 2.95. The van der Waals surface area contributed by atoms with E-state index in [-0.39, 0.29) is 10.6 Å². The number of aromatic carboxylic acids is 1. The van der Waals surface area contributed by atoms with E-state index in [1.165, 1.54) is 12.1 Å². The molecule has 72 valence electrons. The highest BCUT2D eigenvalue weighted by Gasteiger charge is 2.17. The number of thiophene rings is 1. The van der Waals surface area contributed by atoms with Crippen molar-refractivity contribution in [3.8, 4) is 0 Å². The van der Waals surface area contributed by atoms with Crippen LogP contribution in [0.3, 0.4) is 0 Å². The van der Waals surface area contributed by atoms with Crippen LogP contribution in [0.2, 0.25) is 0 Å². The first-order valence-corrected chi connectivity index (χ1v) is 4.62. The van der Waals surface area contributed by atoms with Crippen LogP contribution < -0.4 is 5.73 Å². The first-order valence-electron chi connectivity index (χ1n) is 3.81. The van der Waals surface area contributed by atoms with Crippen molar-refractivity contribution >= 4 is 32.4 Å². The van der Waals surface area contributed by atoms with Gasteiger partial charge >= 0.3 is 5.97 Å². The topological polar surface area (TPSA) is 63.3 Å². The average molecular weight is 211 g/mol. The summed E-state index contributed by atoms with van der Waals surface area (Å²) >= 11 is 0.956. The van der Waals surface area contributed by atoms with E-state index in [1.54, 1.807) is 6.07 Å². The van der Waals surface area contributed by atoms with Gasteiger partial charge in [-0.05, 0) is 6.07 Å². The number of hydrogen-bond donors (Lipinski definition) is 2. The molecule has 0 aliphatic carbocycles. The zero-order valence-electron chi connectivity index (χ0n) is 6.95. The Kier molecular flexibility index (Phi) is 1.89. The lowest BCUT2D eigenvalue weighted by Gasteiger charge is -1.93. The molecule has 1 heterocycles. The van der Waals surface area contributed by atoms with E-state index in [9.17, 15) is 9.18 Å². The van der Waals surface area contributed by atoms with Crippen molar-refractivity contribution in [3.05, 3.63) is 29.6 Å². The maximum absolute atomic E-state index is 13.2. The summed E-state index contributed by atoms with van der Waals surface area (Å²) in [6.07, 6.45) is 0. The monoisotopic (exact) mass is 211 g/mol. The lowest BCUT2D eigenvalue weighted by molar-refractivity contribution is 0.0700. The number of nitrogens with two attached hydrogens (primary N) is 1. The van der Waals surface area contributed by atoms with Crippen LogP contribution in [0.15, 0.2) is 18.2 Å². The predicted molar refractivity (Wildman–Crippen MR) is 53.2 cm³/mol. The van der Waals surface area contributed by atoms with Crippen LogP contribution in [-0.4, -0.2) is 11.1 Å². The molecule has 0 radical (unpaired) electrons. The largest absolute Gasteiger partial charge is 0.478 e. The molecule has 0 bridgehead atoms. The van der Waals surface area contributed by atoms with E-state index < -0.39 is 11.8 Å². The maximum Gasteiger partial charge on any atom is 0.339 e. The molecule has 3 N–H and O–H groups in total. The van der Waals surface area contributed by atoms with E-state index in [1.807, 2.05) is 0 Å². The Bertz CT molecular complexity index is 521. The van der Waals surface area contributed by atoms with Crippen molar-refractivity contribution in [2.75, 3.05) is 5.73 Å². The number of benzene rings is 1. The number of carbonyl (C=O) groups is 1. The fraction of sp³-hybridized carbons (Fsp3) is 0. The quantitative estimate of drug-likeness (QED) is 0.760. The van der Waals surface area contributed by atoms with Gasteiger partial charge < -0.3 is 10.8 Å². The van der Waals surface area contributed by atoms with Gasteiger partial charge in [-0.2, -0.15) is 0 Å². The highest BCUT2D eigenvalue weighted by atomic mass is 32.1. The highest BCUT2D eigenvalue weighted by molar-refractivity contribution is 7.23. The number of hydrogen-bond acceptors (Lipinski definition) is 3. The number of fused-ring (bicyclic) bond motifs is 1. The number of nitrogen functional groups attached to an aromatic ring is 1. The zero-order valence-corrected chi connectivity index (χ0v) is 7.77. The highest BCUT2D eigenvalue weighted by Crippen LogP contribution is 2.34. The minimum absolute atomic E-state index is 0.00972. The van der Waals surface area contributed by atoms with Gasteiger partial charge in [-0.15, -0.1) is 11.3 Å². The summed E-state index contributed by atoms with van der Waals surface area (Å²) in [7, 11) is 0. The summed E-state index contributed by atoms with van der Waals surface area (Å²) in [6.45, 7) is 0. The van der Waals surface area contributed by atoms with Gasteiger partial charge in [0.1, 0.15) is 16.4 Å². The van der Waals surface area contributed by atoms with E-state index in [0.29, 0.717) is 10.1 Å². The molecule has 1 aromatic carbocycles. The summed E-state index contributed by atoms with van der Waals surface area (Å²) in [4.78, 5) is 10.8. The fourth-order valence-electron chi connectivity index (χ4n) is 1.32. The molecule has 1 aromatic heterocycles. The van der Waals surface area contributed by atoms with Crippen molar-refractivity contribution in [3.63, 3.8) is 0 Å². The van der Waals surface area contributed by atoms with Gasteiger partial charge in [0.15, 0.2) is 0 Å². The molecule has 0 atom stereocenters. The minimum Gasteiger partial charge on any atom is -0.478 e. The van der Waals surface area contributed by atoms with Crippen LogP contribution in [0.4, 0.5) is 9.39 Å². The molecule has 2 rings (SSSR count). The van der Waals surface area contributed by atoms with Crippen LogP contribution in [0, 0.1) is 5.82 Å². The van der Waals surface area contributed by atoms with Crippen LogP contribution in [-0.2, 0) is 0 Å². The molecular weight excluding hydrogens is 205 g/mol. The first kappa shape index (κ1) is 8.96. The number of carboxylic acids is 1. The summed E-state index contributed by atoms with van der Waals surface area (Å²) in [5.41, 5.74) is 5.48. The third-order valence-corrected chi connectivity index (χ3v) is 2.95.